The Morgan fingerprint density at radius 2 is 1.89 bits per heavy atom. The van der Waals surface area contributed by atoms with Crippen LogP contribution in [-0.4, -0.2) is 22.0 Å². The minimum absolute atomic E-state index is 0.175. The summed E-state index contributed by atoms with van der Waals surface area (Å²) >= 11 is 0. The number of H-pyrrole nitrogens is 1. The van der Waals surface area contributed by atoms with Gasteiger partial charge in [-0.15, -0.1) is 5.10 Å². The van der Waals surface area contributed by atoms with Crippen LogP contribution in [0.4, 0.5) is 13.2 Å². The molecule has 1 N–H and O–H groups in total. The number of hydrogen-bond donors (Lipinski definition) is 1. The second-order valence-electron chi connectivity index (χ2n) is 6.73. The molecule has 2 aromatic carbocycles. The van der Waals surface area contributed by atoms with Gasteiger partial charge in [-0.1, -0.05) is 17.3 Å². The van der Waals surface area contributed by atoms with Crippen LogP contribution >= 0.6 is 0 Å². The maximum atomic E-state index is 13.1. The van der Waals surface area contributed by atoms with Crippen LogP contribution in [0.2, 0.25) is 0 Å². The number of rotatable bonds is 5. The van der Waals surface area contributed by atoms with Gasteiger partial charge in [-0.05, 0) is 60.2 Å². The molecule has 4 rings (SSSR count). The van der Waals surface area contributed by atoms with Gasteiger partial charge in [0.2, 0.25) is 0 Å². The molecule has 28 heavy (non-hydrogen) atoms. The molecule has 5 nitrogen and oxygen atoms in total. The Morgan fingerprint density at radius 1 is 1.11 bits per heavy atom. The highest BCUT2D eigenvalue weighted by Crippen LogP contribution is 2.36. The molecule has 8 heteroatoms. The van der Waals surface area contributed by atoms with Crippen molar-refractivity contribution in [3.8, 4) is 34.2 Å². The Labute approximate surface area is 158 Å². The second-order valence-corrected chi connectivity index (χ2v) is 6.73. The van der Waals surface area contributed by atoms with E-state index < -0.39 is 11.7 Å². The molecule has 0 atom stereocenters. The van der Waals surface area contributed by atoms with Gasteiger partial charge < -0.3 is 4.74 Å². The average molecular weight is 384 g/mol. The summed E-state index contributed by atoms with van der Waals surface area (Å²) in [6, 6.07) is 12.2. The van der Waals surface area contributed by atoms with Crippen molar-refractivity contribution >= 4 is 0 Å². The normalized spacial score (nSPS) is 13.9. The van der Waals surface area contributed by atoms with E-state index in [2.05, 4.69) is 15.4 Å². The van der Waals surface area contributed by atoms with E-state index in [9.17, 15) is 18.4 Å². The first-order valence-electron chi connectivity index (χ1n) is 8.71. The number of nitrogens with one attached hydrogen (secondary N) is 1. The van der Waals surface area contributed by atoms with Crippen molar-refractivity contribution in [3.63, 3.8) is 0 Å². The molecule has 1 aliphatic carbocycles. The summed E-state index contributed by atoms with van der Waals surface area (Å²) in [5, 5.41) is 19.3. The molecule has 1 aromatic heterocycles. The number of halogens is 3. The highest BCUT2D eigenvalue weighted by atomic mass is 19.4. The quantitative estimate of drug-likeness (QED) is 0.685. The fraction of sp³-hybridized carbons (Fsp3) is 0.250. The van der Waals surface area contributed by atoms with Crippen molar-refractivity contribution in [2.24, 2.45) is 5.92 Å². The van der Waals surface area contributed by atoms with E-state index in [1.54, 1.807) is 24.3 Å². The molecule has 0 unspecified atom stereocenters. The molecule has 1 aliphatic rings. The number of nitriles is 1. The largest absolute Gasteiger partial charge is 0.493 e. The number of hydrogen-bond acceptors (Lipinski definition) is 4. The van der Waals surface area contributed by atoms with E-state index in [0.717, 1.165) is 25.0 Å². The first-order chi connectivity index (χ1) is 13.4. The molecular formula is C20H15F3N4O. The van der Waals surface area contributed by atoms with Crippen LogP contribution in [-0.2, 0) is 6.18 Å². The molecule has 1 heterocycles. The summed E-state index contributed by atoms with van der Waals surface area (Å²) in [6.07, 6.45) is -2.21. The summed E-state index contributed by atoms with van der Waals surface area (Å²) in [7, 11) is 0. The summed E-state index contributed by atoms with van der Waals surface area (Å²) in [4.78, 5) is 0. The lowest BCUT2D eigenvalue weighted by molar-refractivity contribution is -0.137. The SMILES string of the molecule is N#Cc1[nH]nnc1-c1cc(OCC2CC2)cc(-c2cccc(C(F)(F)F)c2)c1. The number of aromatic amines is 1. The molecule has 1 saturated carbocycles. The van der Waals surface area contributed by atoms with Crippen molar-refractivity contribution in [2.45, 2.75) is 19.0 Å². The Balaban J connectivity index is 1.78. The molecule has 0 saturated heterocycles. The van der Waals surface area contributed by atoms with E-state index in [1.165, 1.54) is 6.07 Å². The highest BCUT2D eigenvalue weighted by Gasteiger charge is 2.30. The first kappa shape index (κ1) is 18.0. The van der Waals surface area contributed by atoms with Crippen LogP contribution in [0.15, 0.2) is 42.5 Å². The van der Waals surface area contributed by atoms with Crippen LogP contribution in [0.1, 0.15) is 24.1 Å². The lowest BCUT2D eigenvalue weighted by Crippen LogP contribution is -2.04. The maximum absolute atomic E-state index is 13.1. The maximum Gasteiger partial charge on any atom is 0.416 e. The minimum Gasteiger partial charge on any atom is -0.493 e. The summed E-state index contributed by atoms with van der Waals surface area (Å²) in [6.45, 7) is 0.551. The Morgan fingerprint density at radius 3 is 2.61 bits per heavy atom. The zero-order valence-corrected chi connectivity index (χ0v) is 14.6. The average Bonchev–Trinajstić information content (AvgIpc) is 3.40. The number of benzene rings is 2. The van der Waals surface area contributed by atoms with Crippen molar-refractivity contribution in [2.75, 3.05) is 6.61 Å². The van der Waals surface area contributed by atoms with Gasteiger partial charge in [0.15, 0.2) is 5.69 Å². The molecule has 0 bridgehead atoms. The van der Waals surface area contributed by atoms with E-state index in [1.807, 2.05) is 6.07 Å². The summed E-state index contributed by atoms with van der Waals surface area (Å²) in [5.74, 6) is 1.03. The predicted molar refractivity (Wildman–Crippen MR) is 95.2 cm³/mol. The molecule has 0 aliphatic heterocycles. The second kappa shape index (κ2) is 7.00. The van der Waals surface area contributed by atoms with Crippen LogP contribution in [0.3, 0.4) is 0 Å². The molecule has 1 fully saturated rings. The summed E-state index contributed by atoms with van der Waals surface area (Å²) in [5.41, 5.74) is 1.26. The molecule has 142 valence electrons. The van der Waals surface area contributed by atoms with Gasteiger partial charge in [0.05, 0.1) is 12.2 Å². The molecule has 3 aromatic rings. The zero-order valence-electron chi connectivity index (χ0n) is 14.6. The predicted octanol–water partition coefficient (Wildman–Crippen LogP) is 4.82. The number of nitrogens with zero attached hydrogens (tertiary/aromatic N) is 3. The van der Waals surface area contributed by atoms with Crippen molar-refractivity contribution < 1.29 is 17.9 Å². The molecular weight excluding hydrogens is 369 g/mol. The van der Waals surface area contributed by atoms with Crippen LogP contribution in [0.5, 0.6) is 5.75 Å². The lowest BCUT2D eigenvalue weighted by atomic mass is 9.99. The van der Waals surface area contributed by atoms with Gasteiger partial charge in [0.25, 0.3) is 0 Å². The molecule has 0 amide bonds. The topological polar surface area (TPSA) is 74.6 Å². The zero-order chi connectivity index (χ0) is 19.7. The standard InChI is InChI=1S/C20H15F3N4O/c21-20(22,23)16-3-1-2-13(7-16)14-6-15(19-18(10-24)25-27-26-19)9-17(8-14)28-11-12-4-5-12/h1-3,6-9,12H,4-5,11H2,(H,25,26,27). The monoisotopic (exact) mass is 384 g/mol. The van der Waals surface area contributed by atoms with Crippen molar-refractivity contribution in [1.29, 1.82) is 5.26 Å². The third kappa shape index (κ3) is 3.83. The van der Waals surface area contributed by atoms with Gasteiger partial charge in [0, 0.05) is 5.56 Å². The Bertz CT molecular complexity index is 1050. The fourth-order valence-corrected chi connectivity index (χ4v) is 2.87. The van der Waals surface area contributed by atoms with Crippen LogP contribution in [0.25, 0.3) is 22.4 Å². The lowest BCUT2D eigenvalue weighted by Gasteiger charge is -2.12. The number of ether oxygens (including phenoxy) is 1. The smallest absolute Gasteiger partial charge is 0.416 e. The van der Waals surface area contributed by atoms with Gasteiger partial charge in [-0.3, -0.25) is 0 Å². The van der Waals surface area contributed by atoms with Crippen LogP contribution < -0.4 is 4.74 Å². The number of aromatic nitrogens is 3. The first-order valence-corrected chi connectivity index (χ1v) is 8.71. The van der Waals surface area contributed by atoms with Gasteiger partial charge in [0.1, 0.15) is 17.5 Å². The van der Waals surface area contributed by atoms with E-state index >= 15 is 0 Å². The van der Waals surface area contributed by atoms with Crippen LogP contribution in [0, 0.1) is 17.2 Å². The van der Waals surface area contributed by atoms with Gasteiger partial charge >= 0.3 is 6.18 Å². The van der Waals surface area contributed by atoms with E-state index in [0.29, 0.717) is 40.7 Å². The third-order valence-corrected chi connectivity index (χ3v) is 4.55. The third-order valence-electron chi connectivity index (χ3n) is 4.55. The summed E-state index contributed by atoms with van der Waals surface area (Å²) < 4.78 is 45.1. The van der Waals surface area contributed by atoms with Gasteiger partial charge in [-0.25, -0.2) is 5.10 Å². The molecule has 0 spiro atoms. The Hall–Kier alpha value is -3.34. The molecule has 0 radical (unpaired) electrons. The number of alkyl halides is 3. The van der Waals surface area contributed by atoms with Crippen molar-refractivity contribution in [1.82, 2.24) is 15.4 Å². The fourth-order valence-electron chi connectivity index (χ4n) is 2.87. The van der Waals surface area contributed by atoms with Gasteiger partial charge in [-0.2, -0.15) is 18.4 Å². The minimum atomic E-state index is -4.43. The Kier molecular flexibility index (Phi) is 4.51. The van der Waals surface area contributed by atoms with E-state index in [-0.39, 0.29) is 5.69 Å². The highest BCUT2D eigenvalue weighted by molar-refractivity contribution is 5.75. The van der Waals surface area contributed by atoms with E-state index in [4.69, 9.17) is 4.74 Å². The van der Waals surface area contributed by atoms with Crippen molar-refractivity contribution in [3.05, 3.63) is 53.7 Å².